The molecule has 6 heteroatoms. The highest BCUT2D eigenvalue weighted by Gasteiger charge is 2.24. The van der Waals surface area contributed by atoms with E-state index in [1.807, 2.05) is 6.92 Å². The number of aryl methyl sites for hydroxylation is 1. The molecule has 1 aliphatic rings. The summed E-state index contributed by atoms with van der Waals surface area (Å²) in [6.45, 7) is 2.18. The van der Waals surface area contributed by atoms with Crippen LogP contribution in [0.25, 0.3) is 0 Å². The first-order valence-corrected chi connectivity index (χ1v) is 7.88. The highest BCUT2D eigenvalue weighted by molar-refractivity contribution is 6.39. The monoisotopic (exact) mass is 324 g/mol. The summed E-state index contributed by atoms with van der Waals surface area (Å²) in [6, 6.07) is 5.07. The Hall–Kier alpha value is -1.59. The van der Waals surface area contributed by atoms with Gasteiger partial charge in [-0.15, -0.1) is 0 Å². The predicted octanol–water partition coefficient (Wildman–Crippen LogP) is 2.25. The minimum absolute atomic E-state index is 0.0271. The van der Waals surface area contributed by atoms with Gasteiger partial charge in [0.1, 0.15) is 0 Å². The van der Waals surface area contributed by atoms with Crippen molar-refractivity contribution in [3.8, 4) is 0 Å². The first-order valence-electron chi connectivity index (χ1n) is 7.51. The fourth-order valence-electron chi connectivity index (χ4n) is 2.59. The first-order chi connectivity index (χ1) is 10.5. The second kappa shape index (κ2) is 7.61. The molecule has 1 aliphatic carbocycles. The molecule has 1 aromatic rings. The number of halogens is 1. The van der Waals surface area contributed by atoms with Gasteiger partial charge in [0.25, 0.3) is 0 Å². The lowest BCUT2D eigenvalue weighted by molar-refractivity contribution is -0.136. The number of nitrogens with one attached hydrogen (secondary N) is 2. The number of aliphatic hydroxyl groups excluding tert-OH is 1. The molecule has 0 unspecified atom stereocenters. The fraction of sp³-hybridized carbons (Fsp3) is 0.500. The van der Waals surface area contributed by atoms with Crippen LogP contribution in [0.3, 0.4) is 0 Å². The van der Waals surface area contributed by atoms with Gasteiger partial charge in [-0.05, 0) is 37.5 Å². The number of hydrogen-bond donors (Lipinski definition) is 3. The van der Waals surface area contributed by atoms with Crippen LogP contribution in [0.4, 0.5) is 5.69 Å². The second-order valence-electron chi connectivity index (χ2n) is 5.74. The summed E-state index contributed by atoms with van der Waals surface area (Å²) < 4.78 is 0. The van der Waals surface area contributed by atoms with Gasteiger partial charge < -0.3 is 15.7 Å². The van der Waals surface area contributed by atoms with Gasteiger partial charge in [0.2, 0.25) is 0 Å². The van der Waals surface area contributed by atoms with Gasteiger partial charge in [-0.25, -0.2) is 0 Å². The maximum atomic E-state index is 11.8. The zero-order valence-corrected chi connectivity index (χ0v) is 13.3. The van der Waals surface area contributed by atoms with Gasteiger partial charge in [-0.1, -0.05) is 30.5 Å². The van der Waals surface area contributed by atoms with Crippen molar-refractivity contribution in [3.63, 3.8) is 0 Å². The molecule has 0 aliphatic heterocycles. The summed E-state index contributed by atoms with van der Waals surface area (Å²) in [4.78, 5) is 23.6. The standard InChI is InChI=1S/C16H21ClN2O3/c1-10-6-7-12(8-13(10)17)19-16(22)15(21)18-9-11-4-2-3-5-14(11)20/h6-8,11,14,20H,2-5,9H2,1H3,(H,18,21)(H,19,22)/t11-,14-/m0/s1. The molecule has 0 saturated heterocycles. The molecular formula is C16H21ClN2O3. The molecule has 0 spiro atoms. The van der Waals surface area contributed by atoms with Gasteiger partial charge in [-0.2, -0.15) is 0 Å². The first kappa shape index (κ1) is 16.8. The van der Waals surface area contributed by atoms with Crippen molar-refractivity contribution in [2.45, 2.75) is 38.7 Å². The van der Waals surface area contributed by atoms with E-state index in [1.54, 1.807) is 18.2 Å². The van der Waals surface area contributed by atoms with Crippen molar-refractivity contribution in [2.75, 3.05) is 11.9 Å². The second-order valence-corrected chi connectivity index (χ2v) is 6.15. The average Bonchev–Trinajstić information content (AvgIpc) is 2.50. The highest BCUT2D eigenvalue weighted by atomic mass is 35.5. The molecule has 120 valence electrons. The summed E-state index contributed by atoms with van der Waals surface area (Å²) >= 11 is 5.98. The molecule has 5 nitrogen and oxygen atoms in total. The fourth-order valence-corrected chi connectivity index (χ4v) is 2.77. The van der Waals surface area contributed by atoms with Crippen LogP contribution in [-0.2, 0) is 9.59 Å². The molecule has 1 fully saturated rings. The Morgan fingerprint density at radius 1 is 1.27 bits per heavy atom. The zero-order valence-electron chi connectivity index (χ0n) is 12.6. The van der Waals surface area contributed by atoms with E-state index in [4.69, 9.17) is 11.6 Å². The van der Waals surface area contributed by atoms with Gasteiger partial charge in [0.15, 0.2) is 0 Å². The third-order valence-corrected chi connectivity index (χ3v) is 4.44. The maximum Gasteiger partial charge on any atom is 0.313 e. The van der Waals surface area contributed by atoms with Crippen molar-refractivity contribution in [1.29, 1.82) is 0 Å². The molecule has 2 atom stereocenters. The van der Waals surface area contributed by atoms with Crippen LogP contribution in [0, 0.1) is 12.8 Å². The highest BCUT2D eigenvalue weighted by Crippen LogP contribution is 2.23. The third kappa shape index (κ3) is 4.45. The SMILES string of the molecule is Cc1ccc(NC(=O)C(=O)NC[C@@H]2CCCC[C@@H]2O)cc1Cl. The summed E-state index contributed by atoms with van der Waals surface area (Å²) in [6.07, 6.45) is 3.30. The molecule has 2 amide bonds. The molecule has 1 aromatic carbocycles. The Morgan fingerprint density at radius 3 is 2.68 bits per heavy atom. The molecule has 22 heavy (non-hydrogen) atoms. The molecule has 0 heterocycles. The molecular weight excluding hydrogens is 304 g/mol. The number of carbonyl (C=O) groups is 2. The number of hydrogen-bond acceptors (Lipinski definition) is 3. The van der Waals surface area contributed by atoms with Crippen LogP contribution >= 0.6 is 11.6 Å². The quantitative estimate of drug-likeness (QED) is 0.746. The smallest absolute Gasteiger partial charge is 0.313 e. The Labute approximate surface area is 135 Å². The van der Waals surface area contributed by atoms with Crippen molar-refractivity contribution in [3.05, 3.63) is 28.8 Å². The van der Waals surface area contributed by atoms with Crippen molar-refractivity contribution in [2.24, 2.45) is 5.92 Å². The number of rotatable bonds is 3. The Bertz CT molecular complexity index is 562. The lowest BCUT2D eigenvalue weighted by atomic mass is 9.86. The van der Waals surface area contributed by atoms with Gasteiger partial charge in [-0.3, -0.25) is 9.59 Å². The van der Waals surface area contributed by atoms with Gasteiger partial charge in [0, 0.05) is 23.2 Å². The molecule has 0 bridgehead atoms. The maximum absolute atomic E-state index is 11.8. The summed E-state index contributed by atoms with van der Waals surface area (Å²) in [5, 5.41) is 15.5. The Balaban J connectivity index is 1.84. The van der Waals surface area contributed by atoms with Gasteiger partial charge >= 0.3 is 11.8 Å². The topological polar surface area (TPSA) is 78.4 Å². The minimum Gasteiger partial charge on any atom is -0.393 e. The Kier molecular flexibility index (Phi) is 5.80. The van der Waals surface area contributed by atoms with E-state index in [2.05, 4.69) is 10.6 Å². The van der Waals surface area contributed by atoms with Crippen molar-refractivity contribution < 1.29 is 14.7 Å². The number of amides is 2. The lowest BCUT2D eigenvalue weighted by Crippen LogP contribution is -2.41. The number of aliphatic hydroxyl groups is 1. The van der Waals surface area contributed by atoms with E-state index in [0.29, 0.717) is 17.3 Å². The van der Waals surface area contributed by atoms with E-state index >= 15 is 0 Å². The number of carbonyl (C=O) groups excluding carboxylic acids is 2. The van der Waals surface area contributed by atoms with Crippen molar-refractivity contribution >= 4 is 29.1 Å². The molecule has 2 rings (SSSR count). The normalized spacial score (nSPS) is 21.2. The van der Waals surface area contributed by atoms with E-state index in [1.165, 1.54) is 0 Å². The third-order valence-electron chi connectivity index (χ3n) is 4.03. The molecule has 0 radical (unpaired) electrons. The van der Waals surface area contributed by atoms with E-state index in [0.717, 1.165) is 31.2 Å². The number of anilines is 1. The summed E-state index contributed by atoms with van der Waals surface area (Å²) in [7, 11) is 0. The van der Waals surface area contributed by atoms with Crippen LogP contribution in [0.1, 0.15) is 31.2 Å². The zero-order chi connectivity index (χ0) is 16.1. The van der Waals surface area contributed by atoms with E-state index in [-0.39, 0.29) is 5.92 Å². The summed E-state index contributed by atoms with van der Waals surface area (Å²) in [5.74, 6) is -1.40. The van der Waals surface area contributed by atoms with E-state index in [9.17, 15) is 14.7 Å². The molecule has 1 saturated carbocycles. The van der Waals surface area contributed by atoms with Crippen molar-refractivity contribution in [1.82, 2.24) is 5.32 Å². The van der Waals surface area contributed by atoms with Crippen LogP contribution in [0.5, 0.6) is 0 Å². The Morgan fingerprint density at radius 2 is 2.00 bits per heavy atom. The van der Waals surface area contributed by atoms with Crippen LogP contribution in [-0.4, -0.2) is 29.6 Å². The predicted molar refractivity (Wildman–Crippen MR) is 85.8 cm³/mol. The van der Waals surface area contributed by atoms with Gasteiger partial charge in [0.05, 0.1) is 6.10 Å². The number of benzene rings is 1. The van der Waals surface area contributed by atoms with Crippen LogP contribution in [0.15, 0.2) is 18.2 Å². The van der Waals surface area contributed by atoms with E-state index < -0.39 is 17.9 Å². The largest absolute Gasteiger partial charge is 0.393 e. The van der Waals surface area contributed by atoms with Crippen LogP contribution < -0.4 is 10.6 Å². The summed E-state index contributed by atoms with van der Waals surface area (Å²) in [5.41, 5.74) is 1.38. The minimum atomic E-state index is -0.731. The molecule has 0 aromatic heterocycles. The van der Waals surface area contributed by atoms with Crippen LogP contribution in [0.2, 0.25) is 5.02 Å². The average molecular weight is 325 g/mol. The lowest BCUT2D eigenvalue weighted by Gasteiger charge is -2.27. The molecule has 3 N–H and O–H groups in total.